The van der Waals surface area contributed by atoms with E-state index in [0.29, 0.717) is 22.6 Å². The predicted octanol–water partition coefficient (Wildman–Crippen LogP) is 6.87. The first-order chi connectivity index (χ1) is 17.7. The van der Waals surface area contributed by atoms with Gasteiger partial charge in [-0.2, -0.15) is 0 Å². The first-order valence-corrected chi connectivity index (χ1v) is 12.4. The van der Waals surface area contributed by atoms with Gasteiger partial charge in [-0.1, -0.05) is 54.6 Å². The van der Waals surface area contributed by atoms with Gasteiger partial charge in [-0.3, -0.25) is 14.5 Å². The highest BCUT2D eigenvalue weighted by atomic mass is 16.5. The second-order valence-electron chi connectivity index (χ2n) is 9.74. The van der Waals surface area contributed by atoms with Crippen molar-refractivity contribution < 1.29 is 19.4 Å². The summed E-state index contributed by atoms with van der Waals surface area (Å²) >= 11 is 0. The normalized spacial score (nSPS) is 17.1. The average molecular weight is 492 g/mol. The lowest BCUT2D eigenvalue weighted by Gasteiger charge is -2.26. The van der Waals surface area contributed by atoms with E-state index in [1.807, 2.05) is 107 Å². The molecule has 5 heteroatoms. The molecule has 4 aromatic rings. The number of ether oxygens (including phenoxy) is 1. The minimum absolute atomic E-state index is 0.0426. The van der Waals surface area contributed by atoms with Crippen molar-refractivity contribution in [3.63, 3.8) is 0 Å². The van der Waals surface area contributed by atoms with Crippen molar-refractivity contribution in [2.24, 2.45) is 0 Å². The molecule has 1 amide bonds. The first kappa shape index (κ1) is 24.3. The fourth-order valence-corrected chi connectivity index (χ4v) is 4.81. The summed E-state index contributed by atoms with van der Waals surface area (Å²) in [6, 6.07) is 25.5. The van der Waals surface area contributed by atoms with E-state index in [4.69, 9.17) is 4.74 Å². The van der Waals surface area contributed by atoms with Crippen molar-refractivity contribution in [1.29, 1.82) is 0 Å². The Balaban J connectivity index is 1.72. The van der Waals surface area contributed by atoms with Crippen LogP contribution in [0.25, 0.3) is 16.5 Å². The number of aliphatic hydroxyl groups excluding tert-OH is 1. The number of fused-ring (bicyclic) bond motifs is 1. The SMILES string of the molecule is Cc1ccc(N2C(=O)C(=O)/C(=C(\O)c3ccc4ccccc4c3)C2c2cccc(OC(C)C)c2)cc1C. The van der Waals surface area contributed by atoms with Crippen LogP contribution in [0.4, 0.5) is 5.69 Å². The first-order valence-electron chi connectivity index (χ1n) is 12.4. The molecule has 5 rings (SSSR count). The maximum Gasteiger partial charge on any atom is 0.300 e. The summed E-state index contributed by atoms with van der Waals surface area (Å²) in [5, 5.41) is 13.5. The number of anilines is 1. The molecule has 0 aromatic heterocycles. The Morgan fingerprint density at radius 1 is 0.838 bits per heavy atom. The zero-order valence-electron chi connectivity index (χ0n) is 21.4. The Kier molecular flexibility index (Phi) is 6.30. The van der Waals surface area contributed by atoms with Gasteiger partial charge in [0, 0.05) is 11.3 Å². The van der Waals surface area contributed by atoms with Crippen molar-refractivity contribution in [2.75, 3.05) is 4.90 Å². The third kappa shape index (κ3) is 4.49. The zero-order chi connectivity index (χ0) is 26.3. The Hall–Kier alpha value is -4.38. The van der Waals surface area contributed by atoms with Crippen LogP contribution in [0.15, 0.2) is 90.5 Å². The van der Waals surface area contributed by atoms with E-state index in [-0.39, 0.29) is 17.4 Å². The molecular weight excluding hydrogens is 462 g/mol. The standard InChI is InChI=1S/C32H29NO4/c1-19(2)37-27-11-7-10-24(18-27)29-28(30(34)25-14-13-22-8-5-6-9-23(22)17-25)31(35)32(36)33(29)26-15-12-20(3)21(4)16-26/h5-19,29,34H,1-4H3/b30-28-. The summed E-state index contributed by atoms with van der Waals surface area (Å²) < 4.78 is 5.91. The predicted molar refractivity (Wildman–Crippen MR) is 147 cm³/mol. The fraction of sp³-hybridized carbons (Fsp3) is 0.188. The van der Waals surface area contributed by atoms with E-state index in [1.165, 1.54) is 4.90 Å². The van der Waals surface area contributed by atoms with Gasteiger partial charge in [0.25, 0.3) is 11.7 Å². The van der Waals surface area contributed by atoms with Crippen LogP contribution in [-0.4, -0.2) is 22.9 Å². The molecule has 4 aromatic carbocycles. The molecule has 1 saturated heterocycles. The molecule has 1 aliphatic heterocycles. The van der Waals surface area contributed by atoms with E-state index in [2.05, 4.69) is 0 Å². The van der Waals surface area contributed by atoms with Crippen LogP contribution < -0.4 is 9.64 Å². The number of carbonyl (C=O) groups is 2. The van der Waals surface area contributed by atoms with Crippen molar-refractivity contribution in [2.45, 2.75) is 39.8 Å². The molecule has 186 valence electrons. The molecule has 0 aliphatic carbocycles. The molecule has 0 bridgehead atoms. The highest BCUT2D eigenvalue weighted by Gasteiger charge is 2.47. The lowest BCUT2D eigenvalue weighted by Crippen LogP contribution is -2.29. The molecule has 37 heavy (non-hydrogen) atoms. The van der Waals surface area contributed by atoms with E-state index >= 15 is 0 Å². The van der Waals surface area contributed by atoms with Crippen LogP contribution in [0.5, 0.6) is 5.75 Å². The van der Waals surface area contributed by atoms with Crippen molar-refractivity contribution >= 4 is 33.9 Å². The lowest BCUT2D eigenvalue weighted by molar-refractivity contribution is -0.132. The van der Waals surface area contributed by atoms with Gasteiger partial charge < -0.3 is 9.84 Å². The summed E-state index contributed by atoms with van der Waals surface area (Å²) in [7, 11) is 0. The van der Waals surface area contributed by atoms with Crippen LogP contribution in [-0.2, 0) is 9.59 Å². The third-order valence-corrected chi connectivity index (χ3v) is 6.78. The number of rotatable bonds is 5. The third-order valence-electron chi connectivity index (χ3n) is 6.78. The molecule has 0 spiro atoms. The molecule has 1 aliphatic rings. The molecular formula is C32H29NO4. The van der Waals surface area contributed by atoms with E-state index in [9.17, 15) is 14.7 Å². The van der Waals surface area contributed by atoms with Crippen LogP contribution >= 0.6 is 0 Å². The number of hydrogen-bond donors (Lipinski definition) is 1. The maximum atomic E-state index is 13.5. The molecule has 5 nitrogen and oxygen atoms in total. The fourth-order valence-electron chi connectivity index (χ4n) is 4.81. The Morgan fingerprint density at radius 2 is 1.59 bits per heavy atom. The van der Waals surface area contributed by atoms with Gasteiger partial charge in [0.1, 0.15) is 11.5 Å². The van der Waals surface area contributed by atoms with Gasteiger partial charge in [0.15, 0.2) is 0 Å². The second kappa shape index (κ2) is 9.58. The number of amides is 1. The number of nitrogens with zero attached hydrogens (tertiary/aromatic N) is 1. The van der Waals surface area contributed by atoms with Crippen LogP contribution in [0.2, 0.25) is 0 Å². The molecule has 0 radical (unpaired) electrons. The number of aliphatic hydroxyl groups is 1. The zero-order valence-corrected chi connectivity index (χ0v) is 21.4. The van der Waals surface area contributed by atoms with Crippen molar-refractivity contribution in [1.82, 2.24) is 0 Å². The Labute approximate surface area is 216 Å². The summed E-state index contributed by atoms with van der Waals surface area (Å²) in [4.78, 5) is 28.5. The highest BCUT2D eigenvalue weighted by Crippen LogP contribution is 2.43. The van der Waals surface area contributed by atoms with E-state index < -0.39 is 17.7 Å². The summed E-state index contributed by atoms with van der Waals surface area (Å²) in [6.45, 7) is 7.84. The lowest BCUT2D eigenvalue weighted by atomic mass is 9.94. The van der Waals surface area contributed by atoms with Gasteiger partial charge in [-0.15, -0.1) is 0 Å². The quantitative estimate of drug-likeness (QED) is 0.188. The van der Waals surface area contributed by atoms with Gasteiger partial charge in [0.2, 0.25) is 0 Å². The van der Waals surface area contributed by atoms with E-state index in [0.717, 1.165) is 21.9 Å². The largest absolute Gasteiger partial charge is 0.507 e. The molecule has 1 heterocycles. The van der Waals surface area contributed by atoms with Crippen LogP contribution in [0.3, 0.4) is 0 Å². The molecule has 1 atom stereocenters. The molecule has 1 N–H and O–H groups in total. The number of aryl methyl sites for hydroxylation is 2. The number of hydrogen-bond acceptors (Lipinski definition) is 4. The molecule has 1 unspecified atom stereocenters. The minimum atomic E-state index is -0.815. The molecule has 0 saturated carbocycles. The van der Waals surface area contributed by atoms with Gasteiger partial charge in [-0.05, 0) is 85.5 Å². The van der Waals surface area contributed by atoms with Gasteiger partial charge in [0.05, 0.1) is 17.7 Å². The monoisotopic (exact) mass is 491 g/mol. The van der Waals surface area contributed by atoms with E-state index in [1.54, 1.807) is 6.07 Å². The average Bonchev–Trinajstić information content (AvgIpc) is 3.15. The van der Waals surface area contributed by atoms with Gasteiger partial charge in [-0.25, -0.2) is 0 Å². The number of benzene rings is 4. The van der Waals surface area contributed by atoms with Crippen LogP contribution in [0, 0.1) is 13.8 Å². The Bertz CT molecular complexity index is 1570. The van der Waals surface area contributed by atoms with Crippen molar-refractivity contribution in [3.8, 4) is 5.75 Å². The smallest absolute Gasteiger partial charge is 0.300 e. The summed E-state index contributed by atoms with van der Waals surface area (Å²) in [6.07, 6.45) is -0.0426. The number of ketones is 1. The van der Waals surface area contributed by atoms with Crippen LogP contribution in [0.1, 0.15) is 42.1 Å². The topological polar surface area (TPSA) is 66.8 Å². The Morgan fingerprint density at radius 3 is 2.32 bits per heavy atom. The van der Waals surface area contributed by atoms with Crippen molar-refractivity contribution in [3.05, 3.63) is 113 Å². The minimum Gasteiger partial charge on any atom is -0.507 e. The summed E-state index contributed by atoms with van der Waals surface area (Å²) in [5.41, 5.74) is 3.90. The second-order valence-corrected chi connectivity index (χ2v) is 9.74. The number of Topliss-reactive ketones (excluding diaryl/α,β-unsaturated/α-hetero) is 1. The molecule has 1 fully saturated rings. The number of carbonyl (C=O) groups excluding carboxylic acids is 2. The van der Waals surface area contributed by atoms with Gasteiger partial charge >= 0.3 is 0 Å². The summed E-state index contributed by atoms with van der Waals surface area (Å²) in [5.74, 6) is -0.964. The highest BCUT2D eigenvalue weighted by molar-refractivity contribution is 6.51. The maximum absolute atomic E-state index is 13.5.